The lowest BCUT2D eigenvalue weighted by molar-refractivity contribution is 0.409. The Morgan fingerprint density at radius 3 is 1.83 bits per heavy atom. The van der Waals surface area contributed by atoms with Crippen LogP contribution in [0.15, 0.2) is 61.2 Å². The van der Waals surface area contributed by atoms with E-state index in [9.17, 15) is 0 Å². The van der Waals surface area contributed by atoms with E-state index < -0.39 is 0 Å². The van der Waals surface area contributed by atoms with Crippen LogP contribution in [0.2, 0.25) is 0 Å². The second kappa shape index (κ2) is 13.8. The second-order valence-electron chi connectivity index (χ2n) is 7.89. The van der Waals surface area contributed by atoms with Crippen molar-refractivity contribution in [2.24, 2.45) is 5.92 Å². The van der Waals surface area contributed by atoms with E-state index in [-0.39, 0.29) is 0 Å². The minimum absolute atomic E-state index is 0.794. The molecule has 0 unspecified atom stereocenters. The molecule has 0 radical (unpaired) electrons. The summed E-state index contributed by atoms with van der Waals surface area (Å²) in [5.41, 5.74) is 5.37. The minimum atomic E-state index is 0.794. The molecule has 0 spiro atoms. The fourth-order valence-corrected chi connectivity index (χ4v) is 3.42. The van der Waals surface area contributed by atoms with Crippen LogP contribution in [0, 0.1) is 19.8 Å². The molecule has 2 aromatic rings. The average molecular weight is 396 g/mol. The first-order chi connectivity index (χ1) is 13.9. The molecule has 1 aliphatic heterocycles. The molecule has 3 nitrogen and oxygen atoms in total. The van der Waals surface area contributed by atoms with Crippen LogP contribution in [0.1, 0.15) is 30.9 Å². The first-order valence-electron chi connectivity index (χ1n) is 10.7. The summed E-state index contributed by atoms with van der Waals surface area (Å²) < 4.78 is 0. The van der Waals surface area contributed by atoms with Gasteiger partial charge in [-0.25, -0.2) is 0 Å². The second-order valence-corrected chi connectivity index (χ2v) is 7.89. The van der Waals surface area contributed by atoms with Crippen molar-refractivity contribution < 1.29 is 0 Å². The van der Waals surface area contributed by atoms with E-state index in [0.717, 1.165) is 12.5 Å². The summed E-state index contributed by atoms with van der Waals surface area (Å²) in [6.45, 7) is 13.1. The zero-order valence-electron chi connectivity index (χ0n) is 19.4. The van der Waals surface area contributed by atoms with Gasteiger partial charge >= 0.3 is 0 Å². The Kier molecular flexibility index (Phi) is 11.8. The van der Waals surface area contributed by atoms with Gasteiger partial charge in [0.25, 0.3) is 0 Å². The number of anilines is 2. The summed E-state index contributed by atoms with van der Waals surface area (Å²) >= 11 is 0. The highest BCUT2D eigenvalue weighted by Crippen LogP contribution is 2.25. The van der Waals surface area contributed by atoms with Crippen molar-refractivity contribution in [1.82, 2.24) is 5.32 Å². The van der Waals surface area contributed by atoms with E-state index in [2.05, 4.69) is 91.1 Å². The van der Waals surface area contributed by atoms with Gasteiger partial charge in [-0.1, -0.05) is 41.5 Å². The Bertz CT molecular complexity index is 668. The van der Waals surface area contributed by atoms with Crippen LogP contribution in [-0.4, -0.2) is 40.8 Å². The predicted molar refractivity (Wildman–Crippen MR) is 131 cm³/mol. The fourth-order valence-electron chi connectivity index (χ4n) is 3.42. The number of hydrogen-bond donors (Lipinski definition) is 1. The molecule has 3 heteroatoms. The maximum atomic E-state index is 3.36. The summed E-state index contributed by atoms with van der Waals surface area (Å²) in [5.74, 6) is 0.794. The number of hydrogen-bond acceptors (Lipinski definition) is 3. The summed E-state index contributed by atoms with van der Waals surface area (Å²) in [7, 11) is 5.97. The quantitative estimate of drug-likeness (QED) is 0.672. The van der Waals surface area contributed by atoms with Gasteiger partial charge in [0, 0.05) is 38.1 Å². The lowest BCUT2D eigenvalue weighted by atomic mass is 9.95. The van der Waals surface area contributed by atoms with Crippen molar-refractivity contribution in [2.75, 3.05) is 50.6 Å². The molecule has 29 heavy (non-hydrogen) atoms. The third-order valence-electron chi connectivity index (χ3n) is 5.02. The number of rotatable bonds is 4. The molecular formula is C26H41N3. The molecule has 0 amide bonds. The largest absolute Gasteiger partial charge is 0.374 e. The van der Waals surface area contributed by atoms with Crippen LogP contribution >= 0.6 is 0 Å². The number of piperidine rings is 1. The summed E-state index contributed by atoms with van der Waals surface area (Å²) in [6, 6.07) is 17.8. The van der Waals surface area contributed by atoms with E-state index in [0.29, 0.717) is 0 Å². The first kappa shape index (κ1) is 24.8. The molecule has 2 aromatic carbocycles. The van der Waals surface area contributed by atoms with Gasteiger partial charge in [0.2, 0.25) is 0 Å². The van der Waals surface area contributed by atoms with Crippen LogP contribution in [0.4, 0.5) is 11.4 Å². The molecule has 1 fully saturated rings. The Balaban J connectivity index is 0.000000626. The maximum absolute atomic E-state index is 3.36. The number of nitrogens with one attached hydrogen (secondary N) is 1. The maximum Gasteiger partial charge on any atom is 0.0366 e. The molecule has 0 saturated carbocycles. The highest BCUT2D eigenvalue weighted by molar-refractivity contribution is 5.48. The predicted octanol–water partition coefficient (Wildman–Crippen LogP) is 5.68. The molecule has 1 N–H and O–H groups in total. The van der Waals surface area contributed by atoms with Crippen molar-refractivity contribution in [3.05, 3.63) is 72.3 Å². The van der Waals surface area contributed by atoms with Gasteiger partial charge in [-0.05, 0) is 77.9 Å². The standard InChI is InChI=1S/C21H28N2.C3H6.C2H7N/c1-17-4-8-20(9-5-17)22(3)16-19-12-14-23(15-13-19)21-10-6-18(2)7-11-21;2*1-3-2/h4-11,19H,12-16H2,1-3H3;3H,1H2,2H3;3H,1-2H3. The molecule has 3 rings (SSSR count). The number of nitrogens with zero attached hydrogens (tertiary/aromatic N) is 2. The third-order valence-corrected chi connectivity index (χ3v) is 5.02. The fraction of sp³-hybridized carbons (Fsp3) is 0.462. The Labute approximate surface area is 179 Å². The van der Waals surface area contributed by atoms with Crippen molar-refractivity contribution >= 4 is 11.4 Å². The van der Waals surface area contributed by atoms with Gasteiger partial charge in [-0.2, -0.15) is 0 Å². The summed E-state index contributed by atoms with van der Waals surface area (Å²) in [6.07, 6.45) is 4.31. The highest BCUT2D eigenvalue weighted by atomic mass is 15.1. The molecule has 0 aliphatic carbocycles. The zero-order chi connectivity index (χ0) is 21.6. The van der Waals surface area contributed by atoms with Crippen LogP contribution in [0.25, 0.3) is 0 Å². The lowest BCUT2D eigenvalue weighted by Gasteiger charge is -2.35. The SMILES string of the molecule is C=CC.CNC.Cc1ccc(N(C)CC2CCN(c3ccc(C)cc3)CC2)cc1. The first-order valence-corrected chi connectivity index (χ1v) is 10.7. The average Bonchev–Trinajstić information content (AvgIpc) is 2.71. The van der Waals surface area contributed by atoms with E-state index in [1.54, 1.807) is 6.08 Å². The number of allylic oxidation sites excluding steroid dienone is 1. The van der Waals surface area contributed by atoms with Gasteiger partial charge in [0.15, 0.2) is 0 Å². The van der Waals surface area contributed by atoms with Gasteiger partial charge in [0.1, 0.15) is 0 Å². The molecular weight excluding hydrogens is 354 g/mol. The summed E-state index contributed by atoms with van der Waals surface area (Å²) in [5, 5.41) is 2.75. The molecule has 1 heterocycles. The Morgan fingerprint density at radius 2 is 1.38 bits per heavy atom. The van der Waals surface area contributed by atoms with Gasteiger partial charge in [-0.15, -0.1) is 6.58 Å². The van der Waals surface area contributed by atoms with E-state index >= 15 is 0 Å². The molecule has 1 aliphatic rings. The molecule has 0 atom stereocenters. The summed E-state index contributed by atoms with van der Waals surface area (Å²) in [4.78, 5) is 4.94. The van der Waals surface area contributed by atoms with E-state index in [1.165, 1.54) is 48.4 Å². The van der Waals surface area contributed by atoms with Gasteiger partial charge in [-0.3, -0.25) is 0 Å². The molecule has 160 valence electrons. The Hall–Kier alpha value is -2.26. The van der Waals surface area contributed by atoms with Crippen LogP contribution in [-0.2, 0) is 0 Å². The van der Waals surface area contributed by atoms with Crippen molar-refractivity contribution in [3.63, 3.8) is 0 Å². The smallest absolute Gasteiger partial charge is 0.0366 e. The van der Waals surface area contributed by atoms with E-state index in [1.807, 2.05) is 21.0 Å². The van der Waals surface area contributed by atoms with Gasteiger partial charge in [0.05, 0.1) is 0 Å². The zero-order valence-corrected chi connectivity index (χ0v) is 19.4. The number of aryl methyl sites for hydroxylation is 2. The van der Waals surface area contributed by atoms with Crippen molar-refractivity contribution in [3.8, 4) is 0 Å². The van der Waals surface area contributed by atoms with Crippen molar-refractivity contribution in [1.29, 1.82) is 0 Å². The normalized spacial score (nSPS) is 13.5. The van der Waals surface area contributed by atoms with Crippen molar-refractivity contribution in [2.45, 2.75) is 33.6 Å². The van der Waals surface area contributed by atoms with E-state index in [4.69, 9.17) is 0 Å². The lowest BCUT2D eigenvalue weighted by Crippen LogP contribution is -2.37. The molecule has 0 aromatic heterocycles. The Morgan fingerprint density at radius 1 is 0.966 bits per heavy atom. The topological polar surface area (TPSA) is 18.5 Å². The molecule has 0 bridgehead atoms. The van der Waals surface area contributed by atoms with Gasteiger partial charge < -0.3 is 15.1 Å². The highest BCUT2D eigenvalue weighted by Gasteiger charge is 2.20. The molecule has 1 saturated heterocycles. The van der Waals surface area contributed by atoms with Crippen LogP contribution in [0.5, 0.6) is 0 Å². The third kappa shape index (κ3) is 9.19. The number of benzene rings is 2. The monoisotopic (exact) mass is 395 g/mol. The minimum Gasteiger partial charge on any atom is -0.374 e. The van der Waals surface area contributed by atoms with Crippen LogP contribution < -0.4 is 15.1 Å². The van der Waals surface area contributed by atoms with Crippen LogP contribution in [0.3, 0.4) is 0 Å².